The summed E-state index contributed by atoms with van der Waals surface area (Å²) >= 11 is 0. The standard InChI is InChI=1S/C25H32N8O2/c1-4-6-16-32(17-7-5-2)25-29-23(27-21-12-14-22(15-13-21)33(34)35)28-24(30-25)31-26-18-20-10-8-19(3)9-11-20/h8-15,18H,4-7,16-17H2,1-3H3,(H2,27,28,29,30,31)/b26-18-. The first-order valence-corrected chi connectivity index (χ1v) is 11.9. The number of nitro benzene ring substituents is 1. The molecule has 1 heterocycles. The molecule has 0 fully saturated rings. The maximum atomic E-state index is 11.0. The van der Waals surface area contributed by atoms with E-state index in [2.05, 4.69) is 49.5 Å². The molecular formula is C25H32N8O2. The number of nitro groups is 1. The quantitative estimate of drug-likeness (QED) is 0.183. The van der Waals surface area contributed by atoms with Gasteiger partial charge in [-0.3, -0.25) is 10.1 Å². The first kappa shape index (κ1) is 25.5. The van der Waals surface area contributed by atoms with Crippen molar-refractivity contribution in [2.45, 2.75) is 46.5 Å². The molecule has 0 aliphatic carbocycles. The Hall–Kier alpha value is -4.08. The SMILES string of the molecule is CCCCN(CCCC)c1nc(N/N=C\c2ccc(C)cc2)nc(Nc2ccc([N+](=O)[O-])cc2)n1. The summed E-state index contributed by atoms with van der Waals surface area (Å²) in [5, 5.41) is 18.4. The Labute approximate surface area is 205 Å². The molecule has 0 spiro atoms. The predicted molar refractivity (Wildman–Crippen MR) is 141 cm³/mol. The average Bonchev–Trinajstić information content (AvgIpc) is 2.85. The third-order valence-electron chi connectivity index (χ3n) is 5.26. The summed E-state index contributed by atoms with van der Waals surface area (Å²) < 4.78 is 0. The van der Waals surface area contributed by atoms with Crippen LogP contribution in [0.4, 0.5) is 29.2 Å². The largest absolute Gasteiger partial charge is 0.341 e. The predicted octanol–water partition coefficient (Wildman–Crippen LogP) is 5.68. The van der Waals surface area contributed by atoms with Crippen LogP contribution < -0.4 is 15.6 Å². The maximum Gasteiger partial charge on any atom is 0.269 e. The van der Waals surface area contributed by atoms with Gasteiger partial charge in [0.2, 0.25) is 17.8 Å². The van der Waals surface area contributed by atoms with Crippen LogP contribution in [-0.4, -0.2) is 39.2 Å². The highest BCUT2D eigenvalue weighted by atomic mass is 16.6. The van der Waals surface area contributed by atoms with Gasteiger partial charge in [0.05, 0.1) is 11.1 Å². The van der Waals surface area contributed by atoms with E-state index in [4.69, 9.17) is 0 Å². The van der Waals surface area contributed by atoms with E-state index in [9.17, 15) is 10.1 Å². The summed E-state index contributed by atoms with van der Waals surface area (Å²) in [6.45, 7) is 8.01. The lowest BCUT2D eigenvalue weighted by atomic mass is 10.2. The number of non-ortho nitro benzene ring substituents is 1. The van der Waals surface area contributed by atoms with Crippen LogP contribution in [0.5, 0.6) is 0 Å². The van der Waals surface area contributed by atoms with Crippen LogP contribution in [0.15, 0.2) is 53.6 Å². The zero-order chi connectivity index (χ0) is 25.0. The highest BCUT2D eigenvalue weighted by Crippen LogP contribution is 2.21. The van der Waals surface area contributed by atoms with E-state index >= 15 is 0 Å². The van der Waals surface area contributed by atoms with E-state index in [1.807, 2.05) is 31.2 Å². The van der Waals surface area contributed by atoms with Gasteiger partial charge in [0.1, 0.15) is 0 Å². The van der Waals surface area contributed by atoms with Gasteiger partial charge in [-0.2, -0.15) is 20.1 Å². The molecule has 0 amide bonds. The molecule has 35 heavy (non-hydrogen) atoms. The van der Waals surface area contributed by atoms with Crippen molar-refractivity contribution in [2.75, 3.05) is 28.7 Å². The van der Waals surface area contributed by atoms with Crippen molar-refractivity contribution in [3.05, 3.63) is 69.8 Å². The van der Waals surface area contributed by atoms with Gasteiger partial charge in [0.25, 0.3) is 5.69 Å². The Balaban J connectivity index is 1.87. The van der Waals surface area contributed by atoms with E-state index in [1.54, 1.807) is 18.3 Å². The minimum Gasteiger partial charge on any atom is -0.341 e. The van der Waals surface area contributed by atoms with Crippen molar-refractivity contribution in [3.63, 3.8) is 0 Å². The maximum absolute atomic E-state index is 11.0. The molecule has 10 nitrogen and oxygen atoms in total. The number of hydrazone groups is 1. The van der Waals surface area contributed by atoms with E-state index < -0.39 is 4.92 Å². The van der Waals surface area contributed by atoms with Gasteiger partial charge in [-0.25, -0.2) is 5.43 Å². The number of nitrogens with zero attached hydrogens (tertiary/aromatic N) is 6. The molecule has 2 aromatic carbocycles. The van der Waals surface area contributed by atoms with E-state index in [-0.39, 0.29) is 5.69 Å². The van der Waals surface area contributed by atoms with Gasteiger partial charge in [0.15, 0.2) is 0 Å². The monoisotopic (exact) mass is 476 g/mol. The molecule has 184 valence electrons. The Kier molecular flexibility index (Phi) is 9.47. The fourth-order valence-electron chi connectivity index (χ4n) is 3.23. The molecule has 0 saturated carbocycles. The molecule has 0 radical (unpaired) electrons. The van der Waals surface area contributed by atoms with Crippen molar-refractivity contribution in [3.8, 4) is 0 Å². The van der Waals surface area contributed by atoms with Crippen molar-refractivity contribution < 1.29 is 4.92 Å². The van der Waals surface area contributed by atoms with Crippen LogP contribution in [0.25, 0.3) is 0 Å². The summed E-state index contributed by atoms with van der Waals surface area (Å²) in [5.41, 5.74) is 5.70. The molecule has 3 rings (SSSR count). The van der Waals surface area contributed by atoms with Crippen molar-refractivity contribution >= 4 is 35.4 Å². The zero-order valence-electron chi connectivity index (χ0n) is 20.4. The number of anilines is 4. The van der Waals surface area contributed by atoms with Crippen LogP contribution in [-0.2, 0) is 0 Å². The molecule has 1 aromatic heterocycles. The lowest BCUT2D eigenvalue weighted by Gasteiger charge is -2.23. The van der Waals surface area contributed by atoms with E-state index in [0.717, 1.165) is 44.3 Å². The summed E-state index contributed by atoms with van der Waals surface area (Å²) in [6.07, 6.45) is 5.88. The minimum absolute atomic E-state index is 0.0185. The zero-order valence-corrected chi connectivity index (χ0v) is 20.4. The Morgan fingerprint density at radius 1 is 0.943 bits per heavy atom. The smallest absolute Gasteiger partial charge is 0.269 e. The first-order chi connectivity index (χ1) is 17.0. The number of rotatable bonds is 13. The number of benzene rings is 2. The van der Waals surface area contributed by atoms with Crippen molar-refractivity contribution in [1.82, 2.24) is 15.0 Å². The topological polar surface area (TPSA) is 121 Å². The first-order valence-electron chi connectivity index (χ1n) is 11.9. The van der Waals surface area contributed by atoms with Gasteiger partial charge in [-0.05, 0) is 37.5 Å². The number of hydrogen-bond donors (Lipinski definition) is 2. The van der Waals surface area contributed by atoms with Crippen molar-refractivity contribution in [2.24, 2.45) is 5.10 Å². The second-order valence-electron chi connectivity index (χ2n) is 8.19. The van der Waals surface area contributed by atoms with Crippen LogP contribution in [0, 0.1) is 17.0 Å². The van der Waals surface area contributed by atoms with Gasteiger partial charge < -0.3 is 10.2 Å². The number of aryl methyl sites for hydroxylation is 1. The van der Waals surface area contributed by atoms with Crippen LogP contribution in [0.2, 0.25) is 0 Å². The molecule has 10 heteroatoms. The molecule has 3 aromatic rings. The number of nitrogens with one attached hydrogen (secondary N) is 2. The third-order valence-corrected chi connectivity index (χ3v) is 5.26. The fraction of sp³-hybridized carbons (Fsp3) is 0.360. The minimum atomic E-state index is -0.432. The second kappa shape index (κ2) is 13.0. The summed E-state index contributed by atoms with van der Waals surface area (Å²) in [5.74, 6) is 1.19. The summed E-state index contributed by atoms with van der Waals surface area (Å²) in [6, 6.07) is 14.1. The van der Waals surface area contributed by atoms with Crippen LogP contribution in [0.3, 0.4) is 0 Å². The summed E-state index contributed by atoms with van der Waals surface area (Å²) in [7, 11) is 0. The van der Waals surface area contributed by atoms with Gasteiger partial charge in [-0.15, -0.1) is 0 Å². The van der Waals surface area contributed by atoms with E-state index in [0.29, 0.717) is 23.5 Å². The fourth-order valence-corrected chi connectivity index (χ4v) is 3.23. The van der Waals surface area contributed by atoms with Gasteiger partial charge in [-0.1, -0.05) is 56.5 Å². The molecule has 0 atom stereocenters. The number of hydrogen-bond acceptors (Lipinski definition) is 9. The summed E-state index contributed by atoms with van der Waals surface area (Å²) in [4.78, 5) is 26.4. The molecule has 0 unspecified atom stereocenters. The van der Waals surface area contributed by atoms with Gasteiger partial charge >= 0.3 is 0 Å². The molecule has 2 N–H and O–H groups in total. The third kappa shape index (κ3) is 8.02. The lowest BCUT2D eigenvalue weighted by molar-refractivity contribution is -0.384. The van der Waals surface area contributed by atoms with Gasteiger partial charge in [0, 0.05) is 30.9 Å². The second-order valence-corrected chi connectivity index (χ2v) is 8.19. The highest BCUT2D eigenvalue weighted by molar-refractivity contribution is 5.80. The van der Waals surface area contributed by atoms with Crippen LogP contribution in [0.1, 0.15) is 50.7 Å². The van der Waals surface area contributed by atoms with Crippen LogP contribution >= 0.6 is 0 Å². The normalized spacial score (nSPS) is 10.9. The Bertz CT molecular complexity index is 1110. The molecule has 0 aliphatic rings. The number of aromatic nitrogens is 3. The Morgan fingerprint density at radius 3 is 2.17 bits per heavy atom. The molecule has 0 bridgehead atoms. The lowest BCUT2D eigenvalue weighted by Crippen LogP contribution is -2.28. The molecular weight excluding hydrogens is 444 g/mol. The number of unbranched alkanes of at least 4 members (excludes halogenated alkanes) is 2. The average molecular weight is 477 g/mol. The Morgan fingerprint density at radius 2 is 1.57 bits per heavy atom. The molecule has 0 saturated heterocycles. The highest BCUT2D eigenvalue weighted by Gasteiger charge is 2.14. The van der Waals surface area contributed by atoms with Crippen molar-refractivity contribution in [1.29, 1.82) is 0 Å². The molecule has 0 aliphatic heterocycles. The van der Waals surface area contributed by atoms with E-state index in [1.165, 1.54) is 17.7 Å².